The van der Waals surface area contributed by atoms with E-state index < -0.39 is 12.0 Å². The molecule has 0 heterocycles. The van der Waals surface area contributed by atoms with Crippen LogP contribution in [0.4, 0.5) is 0 Å². The molecule has 116 valence electrons. The van der Waals surface area contributed by atoms with E-state index in [2.05, 4.69) is 5.32 Å². The van der Waals surface area contributed by atoms with Gasteiger partial charge in [0.1, 0.15) is 6.04 Å². The molecule has 1 aromatic rings. The summed E-state index contributed by atoms with van der Waals surface area (Å²) in [5.41, 5.74) is 2.31. The normalized spacial score (nSPS) is 13.5. The Labute approximate surface area is 126 Å². The number of carboxylic acid groups (broad SMARTS) is 1. The Morgan fingerprint density at radius 1 is 1.19 bits per heavy atom. The van der Waals surface area contributed by atoms with Crippen molar-refractivity contribution in [3.8, 4) is 0 Å². The first kappa shape index (κ1) is 17.2. The first-order chi connectivity index (χ1) is 9.97. The summed E-state index contributed by atoms with van der Waals surface area (Å²) in [5.74, 6) is -1.03. The van der Waals surface area contributed by atoms with E-state index in [0.717, 1.165) is 18.4 Å². The number of carboxylic acids is 1. The molecule has 2 atom stereocenters. The third kappa shape index (κ3) is 5.58. The first-order valence-electron chi connectivity index (χ1n) is 7.56. The van der Waals surface area contributed by atoms with Crippen molar-refractivity contribution in [1.82, 2.24) is 5.32 Å². The number of nitrogens with one attached hydrogen (secondary N) is 1. The van der Waals surface area contributed by atoms with Crippen molar-refractivity contribution in [3.63, 3.8) is 0 Å². The number of hydrogen-bond donors (Lipinski definition) is 2. The standard InChI is InChI=1S/C17H25NO3/c1-4-6-15(17(20)21)18-16(19)11-13(5-2)14-9-7-12(3)8-10-14/h7-10,13,15H,4-6,11H2,1-3H3,(H,18,19)(H,20,21). The Morgan fingerprint density at radius 3 is 2.29 bits per heavy atom. The van der Waals surface area contributed by atoms with Gasteiger partial charge in [-0.15, -0.1) is 0 Å². The van der Waals surface area contributed by atoms with E-state index in [1.54, 1.807) is 0 Å². The average molecular weight is 291 g/mol. The predicted octanol–water partition coefficient (Wildman–Crippen LogP) is 3.25. The fourth-order valence-electron chi connectivity index (χ4n) is 2.36. The number of hydrogen-bond acceptors (Lipinski definition) is 2. The van der Waals surface area contributed by atoms with Crippen LogP contribution in [-0.2, 0) is 9.59 Å². The first-order valence-corrected chi connectivity index (χ1v) is 7.56. The van der Waals surface area contributed by atoms with Crippen molar-refractivity contribution in [1.29, 1.82) is 0 Å². The van der Waals surface area contributed by atoms with E-state index in [-0.39, 0.29) is 11.8 Å². The lowest BCUT2D eigenvalue weighted by atomic mass is 9.92. The highest BCUT2D eigenvalue weighted by atomic mass is 16.4. The molecule has 1 aromatic carbocycles. The summed E-state index contributed by atoms with van der Waals surface area (Å²) in [5, 5.41) is 11.7. The van der Waals surface area contributed by atoms with Crippen LogP contribution in [0, 0.1) is 6.92 Å². The molecule has 0 spiro atoms. The lowest BCUT2D eigenvalue weighted by Crippen LogP contribution is -2.41. The third-order valence-electron chi connectivity index (χ3n) is 3.68. The topological polar surface area (TPSA) is 66.4 Å². The summed E-state index contributed by atoms with van der Waals surface area (Å²) in [7, 11) is 0. The highest BCUT2D eigenvalue weighted by Gasteiger charge is 2.21. The molecule has 2 N–H and O–H groups in total. The van der Waals surface area contributed by atoms with Gasteiger partial charge in [-0.2, -0.15) is 0 Å². The molecule has 0 saturated heterocycles. The van der Waals surface area contributed by atoms with Crippen molar-refractivity contribution in [2.24, 2.45) is 0 Å². The van der Waals surface area contributed by atoms with Crippen molar-refractivity contribution in [3.05, 3.63) is 35.4 Å². The van der Waals surface area contributed by atoms with E-state index in [1.807, 2.05) is 45.0 Å². The molecule has 0 aliphatic rings. The number of carbonyl (C=O) groups is 2. The quantitative estimate of drug-likeness (QED) is 0.772. The van der Waals surface area contributed by atoms with E-state index in [0.29, 0.717) is 12.8 Å². The molecule has 0 aliphatic carbocycles. The second-order valence-electron chi connectivity index (χ2n) is 5.47. The molecule has 4 heteroatoms. The highest BCUT2D eigenvalue weighted by Crippen LogP contribution is 2.23. The molecule has 0 saturated carbocycles. The maximum Gasteiger partial charge on any atom is 0.326 e. The van der Waals surface area contributed by atoms with Crippen LogP contribution in [0.15, 0.2) is 24.3 Å². The Morgan fingerprint density at radius 2 is 1.81 bits per heavy atom. The molecule has 21 heavy (non-hydrogen) atoms. The van der Waals surface area contributed by atoms with Gasteiger partial charge in [-0.1, -0.05) is 50.1 Å². The minimum Gasteiger partial charge on any atom is -0.480 e. The molecule has 1 rings (SSSR count). The number of aliphatic carboxylic acids is 1. The lowest BCUT2D eigenvalue weighted by molar-refractivity contribution is -0.142. The summed E-state index contributed by atoms with van der Waals surface area (Å²) in [6.07, 6.45) is 2.36. The van der Waals surface area contributed by atoms with E-state index in [4.69, 9.17) is 5.11 Å². The molecular formula is C17H25NO3. The lowest BCUT2D eigenvalue weighted by Gasteiger charge is -2.18. The van der Waals surface area contributed by atoms with Gasteiger partial charge >= 0.3 is 5.97 Å². The Hall–Kier alpha value is -1.84. The van der Waals surface area contributed by atoms with E-state index in [1.165, 1.54) is 5.56 Å². The number of benzene rings is 1. The predicted molar refractivity (Wildman–Crippen MR) is 83.3 cm³/mol. The van der Waals surface area contributed by atoms with Crippen molar-refractivity contribution in [2.45, 2.75) is 58.4 Å². The SMILES string of the molecule is CCCC(NC(=O)CC(CC)c1ccc(C)cc1)C(=O)O. The van der Waals surface area contributed by atoms with Gasteiger partial charge in [0.2, 0.25) is 5.91 Å². The Kier molecular flexibility index (Phi) is 6.92. The zero-order valence-corrected chi connectivity index (χ0v) is 13.1. The fraction of sp³-hybridized carbons (Fsp3) is 0.529. The summed E-state index contributed by atoms with van der Waals surface area (Å²) in [6, 6.07) is 7.37. The van der Waals surface area contributed by atoms with Crippen LogP contribution in [0.1, 0.15) is 56.6 Å². The smallest absolute Gasteiger partial charge is 0.326 e. The van der Waals surface area contributed by atoms with Gasteiger partial charge < -0.3 is 10.4 Å². The zero-order chi connectivity index (χ0) is 15.8. The summed E-state index contributed by atoms with van der Waals surface area (Å²) in [6.45, 7) is 5.97. The van der Waals surface area contributed by atoms with E-state index in [9.17, 15) is 9.59 Å². The van der Waals surface area contributed by atoms with E-state index >= 15 is 0 Å². The van der Waals surface area contributed by atoms with Gasteiger partial charge in [0.05, 0.1) is 0 Å². The highest BCUT2D eigenvalue weighted by molar-refractivity contribution is 5.83. The maximum atomic E-state index is 12.1. The van der Waals surface area contributed by atoms with Gasteiger partial charge in [-0.3, -0.25) is 4.79 Å². The molecule has 0 aromatic heterocycles. The van der Waals surface area contributed by atoms with Crippen molar-refractivity contribution in [2.75, 3.05) is 0 Å². The maximum absolute atomic E-state index is 12.1. The minimum atomic E-state index is -0.964. The molecule has 0 aliphatic heterocycles. The second-order valence-corrected chi connectivity index (χ2v) is 5.47. The van der Waals surface area contributed by atoms with Crippen LogP contribution in [0.2, 0.25) is 0 Å². The number of carbonyl (C=O) groups excluding carboxylic acids is 1. The number of rotatable bonds is 8. The molecular weight excluding hydrogens is 266 g/mol. The zero-order valence-electron chi connectivity index (χ0n) is 13.1. The molecule has 1 amide bonds. The average Bonchev–Trinajstić information content (AvgIpc) is 2.45. The molecule has 4 nitrogen and oxygen atoms in total. The summed E-state index contributed by atoms with van der Waals surface area (Å²) in [4.78, 5) is 23.1. The van der Waals surface area contributed by atoms with Crippen LogP contribution in [0.3, 0.4) is 0 Å². The van der Waals surface area contributed by atoms with Crippen molar-refractivity contribution >= 4 is 11.9 Å². The summed E-state index contributed by atoms with van der Waals surface area (Å²) >= 11 is 0. The van der Waals surface area contributed by atoms with Gasteiger partial charge in [0.25, 0.3) is 0 Å². The van der Waals surface area contributed by atoms with Gasteiger partial charge in [0.15, 0.2) is 0 Å². The van der Waals surface area contributed by atoms with Gasteiger partial charge in [0, 0.05) is 6.42 Å². The number of aryl methyl sites for hydroxylation is 1. The van der Waals surface area contributed by atoms with Gasteiger partial charge in [-0.25, -0.2) is 4.79 Å². The van der Waals surface area contributed by atoms with Crippen LogP contribution < -0.4 is 5.32 Å². The minimum absolute atomic E-state index is 0.127. The molecule has 2 unspecified atom stereocenters. The number of amides is 1. The van der Waals surface area contributed by atoms with Crippen LogP contribution in [-0.4, -0.2) is 23.0 Å². The van der Waals surface area contributed by atoms with Crippen LogP contribution in [0.5, 0.6) is 0 Å². The van der Waals surface area contributed by atoms with Gasteiger partial charge in [-0.05, 0) is 31.2 Å². The Bertz CT molecular complexity index is 467. The third-order valence-corrected chi connectivity index (χ3v) is 3.68. The second kappa shape index (κ2) is 8.45. The van der Waals surface area contributed by atoms with Crippen LogP contribution >= 0.6 is 0 Å². The molecule has 0 fully saturated rings. The molecule has 0 bridgehead atoms. The summed E-state index contributed by atoms with van der Waals surface area (Å²) < 4.78 is 0. The largest absolute Gasteiger partial charge is 0.480 e. The monoisotopic (exact) mass is 291 g/mol. The fourth-order valence-corrected chi connectivity index (χ4v) is 2.36. The molecule has 0 radical (unpaired) electrons. The Balaban J connectivity index is 2.66. The van der Waals surface area contributed by atoms with Crippen molar-refractivity contribution < 1.29 is 14.7 Å². The van der Waals surface area contributed by atoms with Crippen LogP contribution in [0.25, 0.3) is 0 Å².